The average molecular weight is 451 g/mol. The second-order valence-corrected chi connectivity index (χ2v) is 9.37. The molecule has 0 unspecified atom stereocenters. The van der Waals surface area contributed by atoms with Crippen LogP contribution in [0.2, 0.25) is 0 Å². The summed E-state index contributed by atoms with van der Waals surface area (Å²) in [7, 11) is 0. The first-order chi connectivity index (χ1) is 16.0. The molecule has 0 radical (unpaired) electrons. The number of H-pyrrole nitrogens is 1. The topological polar surface area (TPSA) is 102 Å². The van der Waals surface area contributed by atoms with Crippen molar-refractivity contribution in [3.8, 4) is 17.1 Å². The van der Waals surface area contributed by atoms with Crippen LogP contribution in [0.25, 0.3) is 22.4 Å². The third-order valence-corrected chi connectivity index (χ3v) is 7.07. The Labute approximate surface area is 194 Å². The van der Waals surface area contributed by atoms with E-state index in [0.717, 1.165) is 61.5 Å². The molecule has 8 nitrogen and oxygen atoms in total. The first-order valence-electron chi connectivity index (χ1n) is 12.3. The van der Waals surface area contributed by atoms with E-state index in [-0.39, 0.29) is 17.6 Å². The van der Waals surface area contributed by atoms with Crippen LogP contribution in [-0.2, 0) is 0 Å². The van der Waals surface area contributed by atoms with Crippen LogP contribution in [0.5, 0.6) is 5.75 Å². The SMILES string of the molecule is CCOc1cc(N2CCC(N)CC2)ccc1-c1nc2c(C)nn(C3CCCCC3)c2c(=O)[nH]1. The van der Waals surface area contributed by atoms with E-state index in [1.165, 1.54) is 19.3 Å². The Balaban J connectivity index is 1.54. The molecule has 3 N–H and O–H groups in total. The average Bonchev–Trinajstić information content (AvgIpc) is 3.17. The number of nitrogens with two attached hydrogens (primary N) is 1. The maximum absolute atomic E-state index is 13.2. The van der Waals surface area contributed by atoms with Gasteiger partial charge in [-0.15, -0.1) is 0 Å². The van der Waals surface area contributed by atoms with Crippen molar-refractivity contribution in [1.29, 1.82) is 0 Å². The number of hydrogen-bond donors (Lipinski definition) is 2. The number of benzene rings is 1. The normalized spacial score (nSPS) is 18.2. The molecule has 2 aliphatic rings. The number of hydrogen-bond acceptors (Lipinski definition) is 6. The van der Waals surface area contributed by atoms with Crippen LogP contribution in [0.3, 0.4) is 0 Å². The van der Waals surface area contributed by atoms with Gasteiger partial charge in [-0.2, -0.15) is 5.10 Å². The minimum absolute atomic E-state index is 0.141. The van der Waals surface area contributed by atoms with Crippen LogP contribution in [0, 0.1) is 6.92 Å². The van der Waals surface area contributed by atoms with Crippen LogP contribution in [0.4, 0.5) is 5.69 Å². The zero-order chi connectivity index (χ0) is 22.9. The Kier molecular flexibility index (Phi) is 6.10. The highest BCUT2D eigenvalue weighted by atomic mass is 16.5. The molecular formula is C25H34N6O2. The van der Waals surface area contributed by atoms with Gasteiger partial charge in [-0.25, -0.2) is 4.98 Å². The molecule has 1 saturated heterocycles. The molecule has 3 heterocycles. The lowest BCUT2D eigenvalue weighted by molar-refractivity contribution is 0.336. The van der Waals surface area contributed by atoms with E-state index in [9.17, 15) is 4.79 Å². The second kappa shape index (κ2) is 9.17. The van der Waals surface area contributed by atoms with Gasteiger partial charge >= 0.3 is 0 Å². The summed E-state index contributed by atoms with van der Waals surface area (Å²) in [6.07, 6.45) is 7.73. The molecule has 1 aliphatic carbocycles. The predicted octanol–water partition coefficient (Wildman–Crippen LogP) is 3.93. The number of anilines is 1. The molecule has 176 valence electrons. The van der Waals surface area contributed by atoms with Crippen LogP contribution < -0.4 is 20.9 Å². The highest BCUT2D eigenvalue weighted by molar-refractivity contribution is 5.80. The lowest BCUT2D eigenvalue weighted by Gasteiger charge is -2.32. The Hall–Kier alpha value is -2.87. The van der Waals surface area contributed by atoms with Crippen molar-refractivity contribution >= 4 is 16.7 Å². The lowest BCUT2D eigenvalue weighted by Crippen LogP contribution is -2.39. The number of aromatic nitrogens is 4. The Morgan fingerprint density at radius 2 is 1.91 bits per heavy atom. The Bertz CT molecular complexity index is 1190. The summed E-state index contributed by atoms with van der Waals surface area (Å²) in [5.41, 5.74) is 9.89. The second-order valence-electron chi connectivity index (χ2n) is 9.37. The van der Waals surface area contributed by atoms with E-state index in [0.29, 0.717) is 23.5 Å². The number of aryl methyl sites for hydroxylation is 1. The minimum Gasteiger partial charge on any atom is -0.493 e. The fourth-order valence-corrected chi connectivity index (χ4v) is 5.24. The highest BCUT2D eigenvalue weighted by Gasteiger charge is 2.24. The fourth-order valence-electron chi connectivity index (χ4n) is 5.24. The van der Waals surface area contributed by atoms with Crippen molar-refractivity contribution in [3.05, 3.63) is 34.2 Å². The zero-order valence-corrected chi connectivity index (χ0v) is 19.6. The van der Waals surface area contributed by atoms with Crippen molar-refractivity contribution in [3.63, 3.8) is 0 Å². The molecule has 5 rings (SSSR count). The zero-order valence-electron chi connectivity index (χ0n) is 19.6. The van der Waals surface area contributed by atoms with E-state index in [1.54, 1.807) is 0 Å². The van der Waals surface area contributed by atoms with Crippen molar-refractivity contribution < 1.29 is 4.74 Å². The quantitative estimate of drug-likeness (QED) is 0.611. The molecular weight excluding hydrogens is 416 g/mol. The van der Waals surface area contributed by atoms with Crippen molar-refractivity contribution in [2.45, 2.75) is 70.9 Å². The summed E-state index contributed by atoms with van der Waals surface area (Å²) in [5.74, 6) is 1.25. The summed E-state index contributed by atoms with van der Waals surface area (Å²) < 4.78 is 7.92. The number of fused-ring (bicyclic) bond motifs is 1. The van der Waals surface area contributed by atoms with Gasteiger partial charge in [-0.1, -0.05) is 19.3 Å². The van der Waals surface area contributed by atoms with Gasteiger partial charge < -0.3 is 20.4 Å². The number of rotatable bonds is 5. The van der Waals surface area contributed by atoms with Gasteiger partial charge in [0.15, 0.2) is 5.52 Å². The van der Waals surface area contributed by atoms with Crippen molar-refractivity contribution in [2.75, 3.05) is 24.6 Å². The smallest absolute Gasteiger partial charge is 0.277 e. The maximum atomic E-state index is 13.2. The molecule has 0 amide bonds. The number of aromatic amines is 1. The first-order valence-corrected chi connectivity index (χ1v) is 12.3. The molecule has 2 aromatic heterocycles. The maximum Gasteiger partial charge on any atom is 0.277 e. The molecule has 3 aromatic rings. The predicted molar refractivity (Wildman–Crippen MR) is 131 cm³/mol. The standard InChI is InChI=1S/C25H34N6O2/c1-3-33-21-15-19(30-13-11-17(26)12-14-30)9-10-20(21)24-27-22-16(2)29-31(23(22)25(32)28-24)18-7-5-4-6-8-18/h9-10,15,17-18H,3-8,11-14,26H2,1-2H3,(H,27,28,32). The molecule has 1 saturated carbocycles. The monoisotopic (exact) mass is 450 g/mol. The van der Waals surface area contributed by atoms with Gasteiger partial charge in [0.25, 0.3) is 5.56 Å². The van der Waals surface area contributed by atoms with Gasteiger partial charge in [0, 0.05) is 30.9 Å². The van der Waals surface area contributed by atoms with Gasteiger partial charge in [0.2, 0.25) is 0 Å². The fraction of sp³-hybridized carbons (Fsp3) is 0.560. The molecule has 33 heavy (non-hydrogen) atoms. The summed E-state index contributed by atoms with van der Waals surface area (Å²) in [6.45, 7) is 6.31. The van der Waals surface area contributed by atoms with E-state index in [1.807, 2.05) is 24.6 Å². The van der Waals surface area contributed by atoms with Gasteiger partial charge in [0.1, 0.15) is 17.1 Å². The molecule has 1 aliphatic heterocycles. The van der Waals surface area contributed by atoms with Gasteiger partial charge in [-0.05, 0) is 51.7 Å². The van der Waals surface area contributed by atoms with E-state index < -0.39 is 0 Å². The molecule has 0 spiro atoms. The summed E-state index contributed by atoms with van der Waals surface area (Å²) >= 11 is 0. The summed E-state index contributed by atoms with van der Waals surface area (Å²) in [5, 5.41) is 4.74. The Morgan fingerprint density at radius 3 is 2.64 bits per heavy atom. The van der Waals surface area contributed by atoms with Crippen molar-refractivity contribution in [2.24, 2.45) is 5.73 Å². The number of ether oxygens (including phenoxy) is 1. The number of nitrogens with one attached hydrogen (secondary N) is 1. The first kappa shape index (κ1) is 21.9. The largest absolute Gasteiger partial charge is 0.493 e. The third-order valence-electron chi connectivity index (χ3n) is 7.07. The number of nitrogens with zero attached hydrogens (tertiary/aromatic N) is 4. The van der Waals surface area contributed by atoms with E-state index in [4.69, 9.17) is 20.6 Å². The minimum atomic E-state index is -0.141. The third kappa shape index (κ3) is 4.24. The molecule has 0 atom stereocenters. The molecule has 8 heteroatoms. The molecule has 2 fully saturated rings. The van der Waals surface area contributed by atoms with E-state index in [2.05, 4.69) is 22.0 Å². The number of piperidine rings is 1. The van der Waals surface area contributed by atoms with Crippen LogP contribution in [-0.4, -0.2) is 45.5 Å². The van der Waals surface area contributed by atoms with Gasteiger partial charge in [0.05, 0.1) is 23.9 Å². The Morgan fingerprint density at radius 1 is 1.15 bits per heavy atom. The van der Waals surface area contributed by atoms with Crippen molar-refractivity contribution in [1.82, 2.24) is 19.7 Å². The molecule has 1 aromatic carbocycles. The van der Waals surface area contributed by atoms with Crippen LogP contribution in [0.15, 0.2) is 23.0 Å². The van der Waals surface area contributed by atoms with Gasteiger partial charge in [-0.3, -0.25) is 9.48 Å². The van der Waals surface area contributed by atoms with Crippen LogP contribution in [0.1, 0.15) is 63.6 Å². The molecule has 0 bridgehead atoms. The lowest BCUT2D eigenvalue weighted by atomic mass is 9.95. The highest BCUT2D eigenvalue weighted by Crippen LogP contribution is 2.34. The summed E-state index contributed by atoms with van der Waals surface area (Å²) in [4.78, 5) is 23.5. The van der Waals surface area contributed by atoms with Crippen LogP contribution >= 0.6 is 0 Å². The van der Waals surface area contributed by atoms with E-state index >= 15 is 0 Å². The summed E-state index contributed by atoms with van der Waals surface area (Å²) in [6, 6.07) is 6.69.